The van der Waals surface area contributed by atoms with Crippen molar-refractivity contribution in [2.75, 3.05) is 32.8 Å². The van der Waals surface area contributed by atoms with Crippen LogP contribution in [0.1, 0.15) is 23.2 Å². The number of halogens is 1. The van der Waals surface area contributed by atoms with E-state index in [1.807, 2.05) is 4.90 Å². The van der Waals surface area contributed by atoms with Gasteiger partial charge in [0.15, 0.2) is 0 Å². The molecule has 0 spiro atoms. The molecule has 2 aliphatic heterocycles. The molecule has 118 valence electrons. The van der Waals surface area contributed by atoms with Gasteiger partial charge in [0.05, 0.1) is 13.2 Å². The first kappa shape index (κ1) is 15.3. The fourth-order valence-corrected chi connectivity index (χ4v) is 3.15. The Morgan fingerprint density at radius 2 is 1.77 bits per heavy atom. The quantitative estimate of drug-likeness (QED) is 0.834. The van der Waals surface area contributed by atoms with E-state index in [9.17, 15) is 9.59 Å². The van der Waals surface area contributed by atoms with E-state index in [0.29, 0.717) is 43.4 Å². The van der Waals surface area contributed by atoms with Crippen LogP contribution in [0.2, 0.25) is 5.02 Å². The lowest BCUT2D eigenvalue weighted by Gasteiger charge is -2.32. The van der Waals surface area contributed by atoms with E-state index < -0.39 is 0 Å². The number of hydrogen-bond acceptors (Lipinski definition) is 3. The maximum atomic E-state index is 12.7. The normalized spacial score (nSPS) is 22.0. The van der Waals surface area contributed by atoms with E-state index in [4.69, 9.17) is 16.3 Å². The molecule has 6 heteroatoms. The van der Waals surface area contributed by atoms with Gasteiger partial charge in [-0.15, -0.1) is 0 Å². The molecule has 0 aromatic heterocycles. The molecule has 0 radical (unpaired) electrons. The third-order valence-corrected chi connectivity index (χ3v) is 4.46. The summed E-state index contributed by atoms with van der Waals surface area (Å²) in [6.45, 7) is 2.99. The van der Waals surface area contributed by atoms with Gasteiger partial charge in [0.1, 0.15) is 6.04 Å². The zero-order valence-electron chi connectivity index (χ0n) is 12.3. The van der Waals surface area contributed by atoms with Crippen LogP contribution in [0.5, 0.6) is 0 Å². The van der Waals surface area contributed by atoms with Crippen LogP contribution in [0.15, 0.2) is 24.3 Å². The summed E-state index contributed by atoms with van der Waals surface area (Å²) in [7, 11) is 0. The number of likely N-dealkylation sites (tertiary alicyclic amines) is 1. The van der Waals surface area contributed by atoms with Gasteiger partial charge in [-0.05, 0) is 37.1 Å². The van der Waals surface area contributed by atoms with E-state index >= 15 is 0 Å². The summed E-state index contributed by atoms with van der Waals surface area (Å²) >= 11 is 5.86. The summed E-state index contributed by atoms with van der Waals surface area (Å²) < 4.78 is 5.28. The van der Waals surface area contributed by atoms with Gasteiger partial charge in [0, 0.05) is 30.2 Å². The Balaban J connectivity index is 1.73. The number of ether oxygens (including phenoxy) is 1. The highest BCUT2D eigenvalue weighted by Gasteiger charge is 2.37. The Kier molecular flexibility index (Phi) is 4.64. The highest BCUT2D eigenvalue weighted by atomic mass is 35.5. The highest BCUT2D eigenvalue weighted by Crippen LogP contribution is 2.23. The molecule has 0 bridgehead atoms. The number of benzene rings is 1. The summed E-state index contributed by atoms with van der Waals surface area (Å²) in [6.07, 6.45) is 1.59. The predicted molar refractivity (Wildman–Crippen MR) is 82.9 cm³/mol. The summed E-state index contributed by atoms with van der Waals surface area (Å²) in [6, 6.07) is 6.47. The molecule has 0 unspecified atom stereocenters. The first-order valence-corrected chi connectivity index (χ1v) is 7.97. The second-order valence-corrected chi connectivity index (χ2v) is 6.04. The minimum absolute atomic E-state index is 0.0445. The van der Waals surface area contributed by atoms with Gasteiger partial charge < -0.3 is 14.5 Å². The third-order valence-electron chi connectivity index (χ3n) is 4.21. The molecular weight excluding hydrogens is 304 g/mol. The van der Waals surface area contributed by atoms with Crippen molar-refractivity contribution >= 4 is 23.4 Å². The minimum Gasteiger partial charge on any atom is -0.378 e. The van der Waals surface area contributed by atoms with Crippen molar-refractivity contribution in [1.29, 1.82) is 0 Å². The maximum absolute atomic E-state index is 12.7. The summed E-state index contributed by atoms with van der Waals surface area (Å²) in [5.74, 6) is -0.0520. The number of carbonyl (C=O) groups is 2. The van der Waals surface area contributed by atoms with Crippen molar-refractivity contribution in [3.05, 3.63) is 34.9 Å². The van der Waals surface area contributed by atoms with Gasteiger partial charge in [-0.2, -0.15) is 0 Å². The molecule has 2 fully saturated rings. The van der Waals surface area contributed by atoms with Crippen LogP contribution in [0.4, 0.5) is 0 Å². The van der Waals surface area contributed by atoms with Crippen molar-refractivity contribution in [3.63, 3.8) is 0 Å². The molecule has 0 aliphatic carbocycles. The summed E-state index contributed by atoms with van der Waals surface area (Å²) in [5, 5.41) is 0.596. The van der Waals surface area contributed by atoms with Crippen LogP contribution in [-0.2, 0) is 9.53 Å². The van der Waals surface area contributed by atoms with Crippen molar-refractivity contribution < 1.29 is 14.3 Å². The van der Waals surface area contributed by atoms with E-state index in [2.05, 4.69) is 0 Å². The Morgan fingerprint density at radius 3 is 2.45 bits per heavy atom. The second kappa shape index (κ2) is 6.67. The van der Waals surface area contributed by atoms with Gasteiger partial charge in [0.2, 0.25) is 5.91 Å². The zero-order chi connectivity index (χ0) is 15.5. The molecule has 2 saturated heterocycles. The number of hydrogen-bond donors (Lipinski definition) is 0. The fourth-order valence-electron chi connectivity index (χ4n) is 3.02. The average molecular weight is 323 g/mol. The largest absolute Gasteiger partial charge is 0.378 e. The van der Waals surface area contributed by atoms with Crippen LogP contribution in [0.25, 0.3) is 0 Å². The van der Waals surface area contributed by atoms with Gasteiger partial charge in [-0.1, -0.05) is 11.6 Å². The van der Waals surface area contributed by atoms with Gasteiger partial charge in [-0.25, -0.2) is 0 Å². The Bertz CT molecular complexity index is 555. The van der Waals surface area contributed by atoms with Crippen molar-refractivity contribution in [2.24, 2.45) is 0 Å². The van der Waals surface area contributed by atoms with Crippen LogP contribution in [-0.4, -0.2) is 60.5 Å². The lowest BCUT2D eigenvalue weighted by molar-refractivity contribution is -0.139. The van der Waals surface area contributed by atoms with Crippen molar-refractivity contribution in [2.45, 2.75) is 18.9 Å². The number of rotatable bonds is 2. The third kappa shape index (κ3) is 3.10. The summed E-state index contributed by atoms with van der Waals surface area (Å²) in [5.41, 5.74) is 0.575. The number of nitrogens with zero attached hydrogens (tertiary/aromatic N) is 2. The predicted octanol–water partition coefficient (Wildman–Crippen LogP) is 1.80. The first-order chi connectivity index (χ1) is 10.7. The van der Waals surface area contributed by atoms with E-state index in [-0.39, 0.29) is 17.9 Å². The maximum Gasteiger partial charge on any atom is 0.254 e. The zero-order valence-corrected chi connectivity index (χ0v) is 13.1. The molecule has 0 saturated carbocycles. The Morgan fingerprint density at radius 1 is 1.09 bits per heavy atom. The highest BCUT2D eigenvalue weighted by molar-refractivity contribution is 6.30. The molecule has 22 heavy (non-hydrogen) atoms. The first-order valence-electron chi connectivity index (χ1n) is 7.60. The van der Waals surface area contributed by atoms with Crippen LogP contribution in [0, 0.1) is 0 Å². The fraction of sp³-hybridized carbons (Fsp3) is 0.500. The molecule has 2 aliphatic rings. The van der Waals surface area contributed by atoms with Gasteiger partial charge in [-0.3, -0.25) is 9.59 Å². The molecule has 1 aromatic rings. The molecule has 1 aromatic carbocycles. The van der Waals surface area contributed by atoms with Crippen LogP contribution in [0.3, 0.4) is 0 Å². The SMILES string of the molecule is O=C([C@@H]1CCCN1C(=O)c1ccc(Cl)cc1)N1CCOCC1. The topological polar surface area (TPSA) is 49.9 Å². The van der Waals surface area contributed by atoms with Crippen LogP contribution < -0.4 is 0 Å². The lowest BCUT2D eigenvalue weighted by Crippen LogP contribution is -2.51. The van der Waals surface area contributed by atoms with Crippen molar-refractivity contribution in [1.82, 2.24) is 9.80 Å². The molecular formula is C16H19ClN2O3. The molecule has 2 heterocycles. The summed E-state index contributed by atoms with van der Waals surface area (Å²) in [4.78, 5) is 28.8. The molecule has 0 N–H and O–H groups in total. The minimum atomic E-state index is -0.346. The van der Waals surface area contributed by atoms with E-state index in [1.165, 1.54) is 0 Å². The van der Waals surface area contributed by atoms with Gasteiger partial charge in [0.25, 0.3) is 5.91 Å². The lowest BCUT2D eigenvalue weighted by atomic mass is 10.1. The molecule has 2 amide bonds. The van der Waals surface area contributed by atoms with Gasteiger partial charge >= 0.3 is 0 Å². The average Bonchev–Trinajstić information content (AvgIpc) is 3.04. The molecule has 3 rings (SSSR count). The monoisotopic (exact) mass is 322 g/mol. The second-order valence-electron chi connectivity index (χ2n) is 5.60. The molecule has 1 atom stereocenters. The van der Waals surface area contributed by atoms with E-state index in [1.54, 1.807) is 29.2 Å². The van der Waals surface area contributed by atoms with Crippen LogP contribution >= 0.6 is 11.6 Å². The Labute approximate surface area is 134 Å². The Hall–Kier alpha value is -1.59. The number of amides is 2. The van der Waals surface area contributed by atoms with E-state index in [0.717, 1.165) is 12.8 Å². The van der Waals surface area contributed by atoms with Crippen molar-refractivity contribution in [3.8, 4) is 0 Å². The number of carbonyl (C=O) groups excluding carboxylic acids is 2. The smallest absolute Gasteiger partial charge is 0.254 e. The standard InChI is InChI=1S/C16H19ClN2O3/c17-13-5-3-12(4-6-13)15(20)19-7-1-2-14(19)16(21)18-8-10-22-11-9-18/h3-6,14H,1-2,7-11H2/t14-/m0/s1. The number of morpholine rings is 1. The molecule has 5 nitrogen and oxygen atoms in total.